The van der Waals surface area contributed by atoms with Gasteiger partial charge >= 0.3 is 6.36 Å². The van der Waals surface area contributed by atoms with Crippen molar-refractivity contribution in [3.05, 3.63) is 23.9 Å². The molecule has 0 N–H and O–H groups in total. The van der Waals surface area contributed by atoms with Crippen LogP contribution in [0.5, 0.6) is 5.88 Å². The summed E-state index contributed by atoms with van der Waals surface area (Å²) < 4.78 is 38.5. The highest BCUT2D eigenvalue weighted by Gasteiger charge is 2.31. The van der Waals surface area contributed by atoms with Gasteiger partial charge in [0, 0.05) is 17.6 Å². The zero-order valence-electron chi connectivity index (χ0n) is 6.31. The van der Waals surface area contributed by atoms with Gasteiger partial charge in [0.25, 0.3) is 0 Å². The van der Waals surface area contributed by atoms with Crippen LogP contribution in [0.1, 0.15) is 5.56 Å². The summed E-state index contributed by atoms with van der Waals surface area (Å²) in [7, 11) is 0. The van der Waals surface area contributed by atoms with Gasteiger partial charge in [-0.05, 0) is 5.56 Å². The van der Waals surface area contributed by atoms with Crippen LogP contribution in [0, 0.1) is 0 Å². The van der Waals surface area contributed by atoms with Gasteiger partial charge in [0.2, 0.25) is 5.88 Å². The average Bonchev–Trinajstić information content (AvgIpc) is 2.03. The van der Waals surface area contributed by atoms with Gasteiger partial charge in [0.15, 0.2) is 0 Å². The van der Waals surface area contributed by atoms with E-state index in [1.807, 2.05) is 0 Å². The molecule has 0 unspecified atom stereocenters. The molecule has 0 saturated heterocycles. The van der Waals surface area contributed by atoms with Gasteiger partial charge in [-0.3, -0.25) is 0 Å². The maximum Gasteiger partial charge on any atom is 0.574 e. The van der Waals surface area contributed by atoms with Crippen LogP contribution < -0.4 is 4.74 Å². The van der Waals surface area contributed by atoms with E-state index in [1.54, 1.807) is 0 Å². The molecule has 0 aromatic carbocycles. The molecule has 0 aliphatic carbocycles. The topological polar surface area (TPSA) is 22.1 Å². The number of pyridine rings is 1. The molecule has 0 amide bonds. The molecule has 0 radical (unpaired) electrons. The number of rotatable bonds is 2. The van der Waals surface area contributed by atoms with Crippen molar-refractivity contribution in [3.8, 4) is 5.88 Å². The van der Waals surface area contributed by atoms with Gasteiger partial charge in [0.05, 0.1) is 0 Å². The van der Waals surface area contributed by atoms with Crippen molar-refractivity contribution in [1.82, 2.24) is 4.98 Å². The quantitative estimate of drug-likeness (QED) is 0.759. The standard InChI is InChI=1S/C7H5BrF3NO/c8-3-5-1-2-6(12-4-5)13-7(9,10)11/h1-2,4H,3H2. The second kappa shape index (κ2) is 3.95. The molecule has 1 aromatic heterocycles. The summed E-state index contributed by atoms with van der Waals surface area (Å²) in [6.07, 6.45) is -3.36. The fraction of sp³-hybridized carbons (Fsp3) is 0.286. The highest BCUT2D eigenvalue weighted by Crippen LogP contribution is 2.20. The Hall–Kier alpha value is -0.780. The van der Waals surface area contributed by atoms with Gasteiger partial charge in [-0.25, -0.2) is 4.98 Å². The Morgan fingerprint density at radius 2 is 2.08 bits per heavy atom. The smallest absolute Gasteiger partial charge is 0.388 e. The molecule has 72 valence electrons. The molecular weight excluding hydrogens is 251 g/mol. The predicted octanol–water partition coefficient (Wildman–Crippen LogP) is 2.88. The monoisotopic (exact) mass is 255 g/mol. The first-order valence-electron chi connectivity index (χ1n) is 3.28. The second-order valence-corrected chi connectivity index (χ2v) is 2.75. The van der Waals surface area contributed by atoms with Gasteiger partial charge in [-0.1, -0.05) is 22.0 Å². The summed E-state index contributed by atoms with van der Waals surface area (Å²) in [6, 6.07) is 2.67. The lowest BCUT2D eigenvalue weighted by atomic mass is 10.3. The van der Waals surface area contributed by atoms with Crippen LogP contribution in [-0.4, -0.2) is 11.3 Å². The first-order chi connectivity index (χ1) is 6.01. The van der Waals surface area contributed by atoms with Gasteiger partial charge in [0.1, 0.15) is 0 Å². The van der Waals surface area contributed by atoms with E-state index in [1.165, 1.54) is 18.3 Å². The zero-order valence-corrected chi connectivity index (χ0v) is 7.89. The van der Waals surface area contributed by atoms with E-state index in [9.17, 15) is 13.2 Å². The summed E-state index contributed by atoms with van der Waals surface area (Å²) in [5.74, 6) is -0.447. The van der Waals surface area contributed by atoms with Crippen molar-refractivity contribution in [2.24, 2.45) is 0 Å². The van der Waals surface area contributed by atoms with Crippen molar-refractivity contribution in [2.45, 2.75) is 11.7 Å². The molecular formula is C7H5BrF3NO. The van der Waals surface area contributed by atoms with Crippen molar-refractivity contribution >= 4 is 15.9 Å². The van der Waals surface area contributed by atoms with E-state index < -0.39 is 12.2 Å². The lowest BCUT2D eigenvalue weighted by Gasteiger charge is -2.07. The highest BCUT2D eigenvalue weighted by molar-refractivity contribution is 9.08. The van der Waals surface area contributed by atoms with Crippen molar-refractivity contribution in [1.29, 1.82) is 0 Å². The summed E-state index contributed by atoms with van der Waals surface area (Å²) in [6.45, 7) is 0. The molecule has 0 saturated carbocycles. The van der Waals surface area contributed by atoms with Crippen molar-refractivity contribution in [2.75, 3.05) is 0 Å². The second-order valence-electron chi connectivity index (χ2n) is 2.19. The average molecular weight is 256 g/mol. The fourth-order valence-corrected chi connectivity index (χ4v) is 1.00. The Kier molecular flexibility index (Phi) is 3.13. The summed E-state index contributed by atoms with van der Waals surface area (Å²) in [5.41, 5.74) is 0.787. The number of alkyl halides is 4. The first kappa shape index (κ1) is 10.3. The van der Waals surface area contributed by atoms with Gasteiger partial charge in [-0.2, -0.15) is 0 Å². The van der Waals surface area contributed by atoms with Crippen LogP contribution in [0.3, 0.4) is 0 Å². The summed E-state index contributed by atoms with van der Waals surface area (Å²) in [5, 5.41) is 0.548. The maximum absolute atomic E-state index is 11.7. The summed E-state index contributed by atoms with van der Waals surface area (Å²) >= 11 is 3.14. The maximum atomic E-state index is 11.7. The number of hydrogen-bond donors (Lipinski definition) is 0. The zero-order chi connectivity index (χ0) is 9.90. The lowest BCUT2D eigenvalue weighted by molar-refractivity contribution is -0.276. The Balaban J connectivity index is 2.70. The summed E-state index contributed by atoms with van der Waals surface area (Å²) in [4.78, 5) is 3.46. The fourth-order valence-electron chi connectivity index (χ4n) is 0.669. The molecule has 0 spiro atoms. The normalized spacial score (nSPS) is 11.4. The molecule has 0 fully saturated rings. The molecule has 0 aliphatic heterocycles. The number of hydrogen-bond acceptors (Lipinski definition) is 2. The molecule has 13 heavy (non-hydrogen) atoms. The third-order valence-corrected chi connectivity index (χ3v) is 1.82. The van der Waals surface area contributed by atoms with Crippen molar-refractivity contribution in [3.63, 3.8) is 0 Å². The van der Waals surface area contributed by atoms with E-state index >= 15 is 0 Å². The van der Waals surface area contributed by atoms with Gasteiger partial charge in [-0.15, -0.1) is 13.2 Å². The van der Waals surface area contributed by atoms with E-state index in [0.717, 1.165) is 5.56 Å². The minimum atomic E-state index is -4.68. The van der Waals surface area contributed by atoms with E-state index in [4.69, 9.17) is 0 Å². The molecule has 1 aromatic rings. The van der Waals surface area contributed by atoms with E-state index in [2.05, 4.69) is 25.7 Å². The molecule has 1 rings (SSSR count). The predicted molar refractivity (Wildman–Crippen MR) is 43.6 cm³/mol. The van der Waals surface area contributed by atoms with Crippen LogP contribution in [0.25, 0.3) is 0 Å². The third-order valence-electron chi connectivity index (χ3n) is 1.17. The largest absolute Gasteiger partial charge is 0.574 e. The first-order valence-corrected chi connectivity index (χ1v) is 4.40. The van der Waals surface area contributed by atoms with Gasteiger partial charge < -0.3 is 4.74 Å². The number of nitrogens with zero attached hydrogens (tertiary/aromatic N) is 1. The van der Waals surface area contributed by atoms with Crippen LogP contribution in [0.2, 0.25) is 0 Å². The molecule has 0 aliphatic rings. The van der Waals surface area contributed by atoms with E-state index in [0.29, 0.717) is 5.33 Å². The van der Waals surface area contributed by atoms with E-state index in [-0.39, 0.29) is 0 Å². The highest BCUT2D eigenvalue weighted by atomic mass is 79.9. The van der Waals surface area contributed by atoms with Crippen LogP contribution in [0.15, 0.2) is 18.3 Å². The molecule has 2 nitrogen and oxygen atoms in total. The SMILES string of the molecule is FC(F)(F)Oc1ccc(CBr)cn1. The van der Waals surface area contributed by atoms with Crippen LogP contribution in [0.4, 0.5) is 13.2 Å². The Morgan fingerprint density at radius 3 is 2.46 bits per heavy atom. The minimum Gasteiger partial charge on any atom is -0.388 e. The lowest BCUT2D eigenvalue weighted by Crippen LogP contribution is -2.17. The molecule has 0 atom stereocenters. The van der Waals surface area contributed by atoms with Crippen LogP contribution >= 0.6 is 15.9 Å². The Bertz CT molecular complexity index is 272. The molecule has 6 heteroatoms. The number of halogens is 4. The molecule has 1 heterocycles. The third kappa shape index (κ3) is 3.63. The number of ether oxygens (including phenoxy) is 1. The minimum absolute atomic E-state index is 0.447. The molecule has 0 bridgehead atoms. The van der Waals surface area contributed by atoms with Crippen molar-refractivity contribution < 1.29 is 17.9 Å². The number of aromatic nitrogens is 1. The Labute approximate surface area is 80.9 Å². The Morgan fingerprint density at radius 1 is 1.38 bits per heavy atom. The van der Waals surface area contributed by atoms with Crippen LogP contribution in [-0.2, 0) is 5.33 Å².